The molecule has 1 atom stereocenters. The lowest BCUT2D eigenvalue weighted by Gasteiger charge is -2.27. The van der Waals surface area contributed by atoms with Gasteiger partial charge >= 0.3 is 0 Å². The molecule has 1 amide bonds. The lowest BCUT2D eigenvalue weighted by Crippen LogP contribution is -2.49. The predicted octanol–water partition coefficient (Wildman–Crippen LogP) is 6.06. The number of anilines is 1. The zero-order valence-electron chi connectivity index (χ0n) is 15.5. The van der Waals surface area contributed by atoms with Gasteiger partial charge in [-0.25, -0.2) is 0 Å². The van der Waals surface area contributed by atoms with Crippen molar-refractivity contribution >= 4 is 46.4 Å². The number of ether oxygens (including phenoxy) is 1. The topological polar surface area (TPSA) is 50.4 Å². The summed E-state index contributed by atoms with van der Waals surface area (Å²) in [5.41, 5.74) is 0.721. The van der Waals surface area contributed by atoms with Gasteiger partial charge < -0.3 is 15.4 Å². The van der Waals surface area contributed by atoms with Crippen molar-refractivity contribution in [3.05, 3.63) is 24.3 Å². The van der Waals surface area contributed by atoms with Crippen LogP contribution in [0.15, 0.2) is 24.3 Å². The Labute approximate surface area is 171 Å². The number of hydrogen-bond donors (Lipinski definition) is 2. The van der Waals surface area contributed by atoms with Crippen molar-refractivity contribution in [3.8, 4) is 5.75 Å². The van der Waals surface area contributed by atoms with Crippen molar-refractivity contribution in [1.82, 2.24) is 5.32 Å². The van der Waals surface area contributed by atoms with Gasteiger partial charge in [-0.15, -0.1) is 0 Å². The molecular formula is C19H29Cl3N2O2. The Balaban J connectivity index is 2.42. The van der Waals surface area contributed by atoms with Crippen molar-refractivity contribution in [2.45, 2.75) is 68.2 Å². The molecule has 0 aliphatic carbocycles. The van der Waals surface area contributed by atoms with Crippen molar-refractivity contribution in [1.29, 1.82) is 0 Å². The van der Waals surface area contributed by atoms with E-state index in [1.54, 1.807) is 31.4 Å². The Morgan fingerprint density at radius 3 is 2.15 bits per heavy atom. The highest BCUT2D eigenvalue weighted by atomic mass is 35.6. The van der Waals surface area contributed by atoms with E-state index in [2.05, 4.69) is 17.6 Å². The van der Waals surface area contributed by atoms with Crippen LogP contribution in [0.25, 0.3) is 0 Å². The van der Waals surface area contributed by atoms with E-state index in [4.69, 9.17) is 39.5 Å². The third-order valence-corrected chi connectivity index (χ3v) is 4.70. The maximum atomic E-state index is 12.2. The van der Waals surface area contributed by atoms with Crippen LogP contribution >= 0.6 is 34.8 Å². The molecule has 0 aliphatic rings. The Kier molecular flexibility index (Phi) is 11.2. The quantitative estimate of drug-likeness (QED) is 0.244. The van der Waals surface area contributed by atoms with Crippen LogP contribution in [-0.4, -0.2) is 23.0 Å². The molecule has 1 aromatic carbocycles. The number of rotatable bonds is 12. The number of carbonyl (C=O) groups is 1. The Morgan fingerprint density at radius 2 is 1.62 bits per heavy atom. The van der Waals surface area contributed by atoms with E-state index in [9.17, 15) is 4.79 Å². The second kappa shape index (κ2) is 12.5. The van der Waals surface area contributed by atoms with E-state index < -0.39 is 9.96 Å². The van der Waals surface area contributed by atoms with E-state index in [0.717, 1.165) is 30.7 Å². The number of alkyl halides is 3. The summed E-state index contributed by atoms with van der Waals surface area (Å²) in [5, 5.41) is 5.81. The first kappa shape index (κ1) is 23.2. The number of unbranched alkanes of at least 4 members (excludes halogenated alkanes) is 6. The smallest absolute Gasteiger partial charge is 0.228 e. The van der Waals surface area contributed by atoms with Gasteiger partial charge in [0.1, 0.15) is 11.9 Å². The number of amides is 1. The molecule has 1 rings (SSSR count). The van der Waals surface area contributed by atoms with Gasteiger partial charge in [0.05, 0.1) is 7.11 Å². The van der Waals surface area contributed by atoms with Crippen LogP contribution in [0.3, 0.4) is 0 Å². The van der Waals surface area contributed by atoms with E-state index in [1.807, 2.05) is 0 Å². The van der Waals surface area contributed by atoms with Gasteiger partial charge in [-0.2, -0.15) is 0 Å². The lowest BCUT2D eigenvalue weighted by molar-refractivity contribution is -0.121. The van der Waals surface area contributed by atoms with Gasteiger partial charge in [-0.3, -0.25) is 4.79 Å². The van der Waals surface area contributed by atoms with Gasteiger partial charge in [0.2, 0.25) is 9.70 Å². The Bertz CT molecular complexity index is 519. The van der Waals surface area contributed by atoms with E-state index in [1.165, 1.54) is 25.7 Å². The second-order valence-corrected chi connectivity index (χ2v) is 8.66. The minimum absolute atomic E-state index is 0.129. The summed E-state index contributed by atoms with van der Waals surface area (Å²) in [6.07, 6.45) is 7.66. The molecule has 0 heterocycles. The highest BCUT2D eigenvalue weighted by Crippen LogP contribution is 2.31. The highest BCUT2D eigenvalue weighted by molar-refractivity contribution is 6.68. The summed E-state index contributed by atoms with van der Waals surface area (Å²) in [5.74, 6) is 0.597. The number of benzene rings is 1. The third-order valence-electron chi connectivity index (χ3n) is 4.04. The Morgan fingerprint density at radius 1 is 1.04 bits per heavy atom. The van der Waals surface area contributed by atoms with Crippen LogP contribution in [0.1, 0.15) is 58.3 Å². The summed E-state index contributed by atoms with van der Waals surface area (Å²) in [6.45, 7) is 2.20. The largest absolute Gasteiger partial charge is 0.497 e. The fraction of sp³-hybridized carbons (Fsp3) is 0.632. The van der Waals surface area contributed by atoms with E-state index >= 15 is 0 Å². The molecule has 0 saturated carbocycles. The molecule has 0 aromatic heterocycles. The minimum Gasteiger partial charge on any atom is -0.497 e. The summed E-state index contributed by atoms with van der Waals surface area (Å²) in [6, 6.07) is 7.17. The highest BCUT2D eigenvalue weighted by Gasteiger charge is 2.33. The average molecular weight is 424 g/mol. The van der Waals surface area contributed by atoms with E-state index in [0.29, 0.717) is 6.42 Å². The Hall–Kier alpha value is -0.840. The van der Waals surface area contributed by atoms with Gasteiger partial charge in [0.25, 0.3) is 0 Å². The van der Waals surface area contributed by atoms with Crippen LogP contribution in [0.4, 0.5) is 5.69 Å². The normalized spacial score (nSPS) is 12.5. The maximum Gasteiger partial charge on any atom is 0.228 e. The van der Waals surface area contributed by atoms with Crippen LogP contribution < -0.4 is 15.4 Å². The number of halogens is 3. The molecular weight excluding hydrogens is 395 g/mol. The van der Waals surface area contributed by atoms with Crippen molar-refractivity contribution in [3.63, 3.8) is 0 Å². The molecule has 0 bridgehead atoms. The second-order valence-electron chi connectivity index (χ2n) is 6.29. The van der Waals surface area contributed by atoms with Gasteiger partial charge in [-0.1, -0.05) is 80.3 Å². The zero-order valence-corrected chi connectivity index (χ0v) is 17.8. The molecule has 7 heteroatoms. The minimum atomic E-state index is -1.67. The molecule has 4 nitrogen and oxygen atoms in total. The fourth-order valence-electron chi connectivity index (χ4n) is 2.53. The number of hydrogen-bond acceptors (Lipinski definition) is 3. The standard InChI is InChI=1S/C19H29Cl3N2O2/c1-3-4-5-6-7-8-9-10-17(25)24-18(19(20,21)22)23-15-11-13-16(26-2)14-12-15/h11-14,18,23H,3-10H2,1-2H3,(H,24,25)/t18-/m0/s1. The first-order chi connectivity index (χ1) is 12.4. The summed E-state index contributed by atoms with van der Waals surface area (Å²) >= 11 is 18.0. The molecule has 0 radical (unpaired) electrons. The summed E-state index contributed by atoms with van der Waals surface area (Å²) in [7, 11) is 1.59. The van der Waals surface area contributed by atoms with Crippen LogP contribution in [0.5, 0.6) is 5.75 Å². The van der Waals surface area contributed by atoms with Crippen LogP contribution in [0.2, 0.25) is 0 Å². The molecule has 0 aliphatic heterocycles. The van der Waals surface area contributed by atoms with Gasteiger partial charge in [-0.05, 0) is 30.7 Å². The van der Waals surface area contributed by atoms with Crippen molar-refractivity contribution in [2.24, 2.45) is 0 Å². The SMILES string of the molecule is CCCCCCCCCC(=O)N[C@H](Nc1ccc(OC)cc1)C(Cl)(Cl)Cl. The molecule has 26 heavy (non-hydrogen) atoms. The number of methoxy groups -OCH3 is 1. The molecule has 0 fully saturated rings. The number of nitrogens with one attached hydrogen (secondary N) is 2. The van der Waals surface area contributed by atoms with Crippen molar-refractivity contribution in [2.75, 3.05) is 12.4 Å². The number of carbonyl (C=O) groups excluding carboxylic acids is 1. The van der Waals surface area contributed by atoms with Gasteiger partial charge in [0.15, 0.2) is 0 Å². The molecule has 148 valence electrons. The fourth-order valence-corrected chi connectivity index (χ4v) is 2.86. The average Bonchev–Trinajstić information content (AvgIpc) is 2.60. The monoisotopic (exact) mass is 422 g/mol. The molecule has 0 unspecified atom stereocenters. The molecule has 2 N–H and O–H groups in total. The lowest BCUT2D eigenvalue weighted by atomic mass is 10.1. The molecule has 1 aromatic rings. The zero-order chi connectivity index (χ0) is 19.4. The van der Waals surface area contributed by atoms with Gasteiger partial charge in [0, 0.05) is 12.1 Å². The van der Waals surface area contributed by atoms with Crippen molar-refractivity contribution < 1.29 is 9.53 Å². The first-order valence-corrected chi connectivity index (χ1v) is 10.3. The third kappa shape index (κ3) is 9.75. The molecule has 0 saturated heterocycles. The maximum absolute atomic E-state index is 12.2. The van der Waals surface area contributed by atoms with Crippen LogP contribution in [-0.2, 0) is 4.79 Å². The van der Waals surface area contributed by atoms with Crippen LogP contribution in [0, 0.1) is 0 Å². The van der Waals surface area contributed by atoms with E-state index in [-0.39, 0.29) is 5.91 Å². The predicted molar refractivity (Wildman–Crippen MR) is 111 cm³/mol. The molecule has 0 spiro atoms. The summed E-state index contributed by atoms with van der Waals surface area (Å²) < 4.78 is 3.45. The summed E-state index contributed by atoms with van der Waals surface area (Å²) in [4.78, 5) is 12.2. The first-order valence-electron chi connectivity index (χ1n) is 9.13.